The highest BCUT2D eigenvalue weighted by Crippen LogP contribution is 2.31. The summed E-state index contributed by atoms with van der Waals surface area (Å²) in [5.41, 5.74) is -0.740. The van der Waals surface area contributed by atoms with Crippen molar-refractivity contribution in [1.82, 2.24) is 25.8 Å². The number of nitrogens with zero attached hydrogens (tertiary/aromatic N) is 2. The number of benzene rings is 1. The van der Waals surface area contributed by atoms with E-state index in [1.807, 2.05) is 41.5 Å². The standard InChI is InChI=1S/C40H65F2N5O8/c1-14-23(6)35(46(10)40(52)34(22(4)5)45-39(51)33(43-9)21(2)3)30(54-12)19-31(48)47-20-26(53-11)18-29(47)37(55-13)24(7)38(50)44-25(8)36(49)32-27(41)16-15-17-28(32)42/h15-17,21-26,29-30,33-35,37,43H,14,18-20H2,1-13H3,(H,44,50)(H,45,51)/t23-,24+,25+,26+,29+,30-,33-,34-,35-,37+/m0/s1. The molecule has 0 bridgehead atoms. The monoisotopic (exact) mass is 781 g/mol. The normalized spacial score (nSPS) is 20.3. The Morgan fingerprint density at radius 2 is 1.47 bits per heavy atom. The van der Waals surface area contributed by atoms with Gasteiger partial charge < -0.3 is 40.0 Å². The third-order valence-corrected chi connectivity index (χ3v) is 11.0. The van der Waals surface area contributed by atoms with Crippen LogP contribution in [0.3, 0.4) is 0 Å². The van der Waals surface area contributed by atoms with Gasteiger partial charge in [-0.1, -0.05) is 61.0 Å². The zero-order valence-corrected chi connectivity index (χ0v) is 34.9. The summed E-state index contributed by atoms with van der Waals surface area (Å²) >= 11 is 0. The highest BCUT2D eigenvalue weighted by Gasteiger charge is 2.46. The first-order valence-electron chi connectivity index (χ1n) is 19.2. The van der Waals surface area contributed by atoms with Crippen LogP contribution in [0.1, 0.15) is 85.0 Å². The van der Waals surface area contributed by atoms with Gasteiger partial charge in [0.15, 0.2) is 5.78 Å². The Labute approximate surface area is 325 Å². The number of likely N-dealkylation sites (N-methyl/N-ethyl adjacent to an activating group) is 2. The molecule has 10 atom stereocenters. The maximum Gasteiger partial charge on any atom is 0.245 e. The predicted octanol–water partition coefficient (Wildman–Crippen LogP) is 3.58. The second-order valence-electron chi connectivity index (χ2n) is 15.4. The van der Waals surface area contributed by atoms with Crippen molar-refractivity contribution < 1.29 is 47.0 Å². The van der Waals surface area contributed by atoms with E-state index in [4.69, 9.17) is 14.2 Å². The summed E-state index contributed by atoms with van der Waals surface area (Å²) in [7, 11) is 7.81. The molecule has 4 amide bonds. The van der Waals surface area contributed by atoms with Gasteiger partial charge in [-0.25, -0.2) is 8.78 Å². The third-order valence-electron chi connectivity index (χ3n) is 11.0. The van der Waals surface area contributed by atoms with Crippen molar-refractivity contribution in [3.05, 3.63) is 35.4 Å². The molecule has 1 aliphatic rings. The van der Waals surface area contributed by atoms with E-state index in [2.05, 4.69) is 16.0 Å². The van der Waals surface area contributed by atoms with Crippen molar-refractivity contribution in [2.24, 2.45) is 23.7 Å². The first-order chi connectivity index (χ1) is 25.8. The van der Waals surface area contributed by atoms with Crippen LogP contribution >= 0.6 is 0 Å². The minimum absolute atomic E-state index is 0.00568. The Morgan fingerprint density at radius 3 is 1.95 bits per heavy atom. The number of carbonyl (C=O) groups is 5. The summed E-state index contributed by atoms with van der Waals surface area (Å²) in [5, 5.41) is 8.53. The second-order valence-corrected chi connectivity index (χ2v) is 15.4. The lowest BCUT2D eigenvalue weighted by Crippen LogP contribution is -2.59. The molecule has 312 valence electrons. The van der Waals surface area contributed by atoms with E-state index in [9.17, 15) is 32.8 Å². The van der Waals surface area contributed by atoms with Crippen LogP contribution in [0.5, 0.6) is 0 Å². The van der Waals surface area contributed by atoms with Crippen molar-refractivity contribution in [3.8, 4) is 0 Å². The number of ketones is 1. The summed E-state index contributed by atoms with van der Waals surface area (Å²) in [5.74, 6) is -5.72. The van der Waals surface area contributed by atoms with E-state index in [0.29, 0.717) is 12.8 Å². The lowest BCUT2D eigenvalue weighted by molar-refractivity contribution is -0.148. The summed E-state index contributed by atoms with van der Waals surface area (Å²) in [6.07, 6.45) is -1.06. The molecule has 1 aliphatic heterocycles. The Kier molecular flexibility index (Phi) is 18.8. The van der Waals surface area contributed by atoms with Gasteiger partial charge >= 0.3 is 0 Å². The van der Waals surface area contributed by atoms with Crippen LogP contribution in [0.25, 0.3) is 0 Å². The molecule has 55 heavy (non-hydrogen) atoms. The van der Waals surface area contributed by atoms with E-state index in [0.717, 1.165) is 18.2 Å². The smallest absolute Gasteiger partial charge is 0.245 e. The molecule has 1 aromatic rings. The van der Waals surface area contributed by atoms with Crippen molar-refractivity contribution >= 4 is 29.4 Å². The van der Waals surface area contributed by atoms with E-state index in [1.54, 1.807) is 30.8 Å². The molecule has 0 spiro atoms. The van der Waals surface area contributed by atoms with Gasteiger partial charge in [-0.2, -0.15) is 0 Å². The quantitative estimate of drug-likeness (QED) is 0.159. The van der Waals surface area contributed by atoms with Gasteiger partial charge in [-0.15, -0.1) is 0 Å². The molecule has 1 saturated heterocycles. The SMILES string of the molecule is CC[C@H](C)[C@@H]([C@H](CC(=O)N1C[C@H](OC)C[C@@H]1[C@H](OC)[C@@H](C)C(=O)N[C@H](C)C(=O)c1c(F)cccc1F)OC)N(C)C(=O)[C@@H](NC(=O)[C@@H](NC)C(C)C)C(C)C. The molecule has 0 radical (unpaired) electrons. The summed E-state index contributed by atoms with van der Waals surface area (Å²) in [6, 6.07) is -0.653. The van der Waals surface area contributed by atoms with Gasteiger partial charge in [0.05, 0.1) is 60.4 Å². The summed E-state index contributed by atoms with van der Waals surface area (Å²) in [4.78, 5) is 71.3. The van der Waals surface area contributed by atoms with Crippen LogP contribution in [0.4, 0.5) is 8.78 Å². The van der Waals surface area contributed by atoms with E-state index in [1.165, 1.54) is 28.3 Å². The topological polar surface area (TPSA) is 156 Å². The Balaban J connectivity index is 2.34. The Morgan fingerprint density at radius 1 is 0.891 bits per heavy atom. The average Bonchev–Trinajstić information content (AvgIpc) is 3.57. The number of hydrogen-bond acceptors (Lipinski definition) is 9. The van der Waals surface area contributed by atoms with E-state index >= 15 is 0 Å². The molecule has 15 heteroatoms. The maximum absolute atomic E-state index is 14.3. The highest BCUT2D eigenvalue weighted by molar-refractivity contribution is 6.02. The van der Waals surface area contributed by atoms with Gasteiger partial charge in [0.1, 0.15) is 17.7 Å². The Bertz CT molecular complexity index is 1440. The number of likely N-dealkylation sites (tertiary alicyclic amines) is 1. The second kappa shape index (κ2) is 21.7. The van der Waals surface area contributed by atoms with Crippen molar-refractivity contribution in [2.45, 2.75) is 123 Å². The van der Waals surface area contributed by atoms with Crippen LogP contribution in [-0.2, 0) is 33.4 Å². The molecule has 0 aromatic heterocycles. The van der Waals surface area contributed by atoms with Crippen LogP contribution in [-0.4, -0.2) is 130 Å². The zero-order valence-electron chi connectivity index (χ0n) is 34.9. The molecule has 0 saturated carbocycles. The number of carbonyl (C=O) groups excluding carboxylic acids is 5. The number of halogens is 2. The fourth-order valence-electron chi connectivity index (χ4n) is 7.56. The number of methoxy groups -OCH3 is 3. The lowest BCUT2D eigenvalue weighted by atomic mass is 9.89. The number of hydrogen-bond donors (Lipinski definition) is 3. The van der Waals surface area contributed by atoms with Gasteiger partial charge in [-0.3, -0.25) is 24.0 Å². The third kappa shape index (κ3) is 11.7. The number of nitrogens with one attached hydrogen (secondary N) is 3. The zero-order chi connectivity index (χ0) is 41.9. The number of amides is 4. The number of Topliss-reactive ketones (excluding diaryl/α,β-unsaturated/α-hetero) is 1. The van der Waals surface area contributed by atoms with Crippen molar-refractivity contribution in [3.63, 3.8) is 0 Å². The minimum atomic E-state index is -1.25. The van der Waals surface area contributed by atoms with Crippen molar-refractivity contribution in [1.29, 1.82) is 0 Å². The van der Waals surface area contributed by atoms with Crippen LogP contribution in [0.15, 0.2) is 18.2 Å². The molecule has 1 heterocycles. The van der Waals surface area contributed by atoms with Crippen LogP contribution < -0.4 is 16.0 Å². The molecule has 0 aliphatic carbocycles. The molecule has 13 nitrogen and oxygen atoms in total. The predicted molar refractivity (Wildman–Crippen MR) is 205 cm³/mol. The highest BCUT2D eigenvalue weighted by atomic mass is 19.1. The van der Waals surface area contributed by atoms with Crippen LogP contribution in [0, 0.1) is 35.3 Å². The summed E-state index contributed by atoms with van der Waals surface area (Å²) in [6.45, 7) is 14.7. The molecule has 0 unspecified atom stereocenters. The van der Waals surface area contributed by atoms with Gasteiger partial charge in [0, 0.05) is 34.9 Å². The average molecular weight is 782 g/mol. The molecular formula is C40H65F2N5O8. The van der Waals surface area contributed by atoms with Gasteiger partial charge in [0.2, 0.25) is 23.6 Å². The van der Waals surface area contributed by atoms with Crippen LogP contribution in [0.2, 0.25) is 0 Å². The molecular weight excluding hydrogens is 716 g/mol. The first-order valence-corrected chi connectivity index (χ1v) is 19.2. The fraction of sp³-hybridized carbons (Fsp3) is 0.725. The lowest BCUT2D eigenvalue weighted by Gasteiger charge is -2.41. The fourth-order valence-corrected chi connectivity index (χ4v) is 7.56. The Hall–Kier alpha value is -3.53. The summed E-state index contributed by atoms with van der Waals surface area (Å²) < 4.78 is 46.1. The van der Waals surface area contributed by atoms with Gasteiger partial charge in [-0.05, 0) is 50.3 Å². The van der Waals surface area contributed by atoms with Crippen molar-refractivity contribution in [2.75, 3.05) is 42.0 Å². The number of rotatable bonds is 21. The molecule has 1 aromatic carbocycles. The minimum Gasteiger partial charge on any atom is -0.380 e. The van der Waals surface area contributed by atoms with E-state index in [-0.39, 0.29) is 54.5 Å². The van der Waals surface area contributed by atoms with Gasteiger partial charge in [0.25, 0.3) is 0 Å². The molecule has 1 fully saturated rings. The molecule has 2 rings (SSSR count). The first kappa shape index (κ1) is 47.6. The van der Waals surface area contributed by atoms with E-state index < -0.39 is 77.2 Å². The largest absolute Gasteiger partial charge is 0.380 e. The maximum atomic E-state index is 14.3. The number of ether oxygens (including phenoxy) is 3. The molecule has 3 N–H and O–H groups in total.